The largest absolute Gasteiger partial charge is 0.496 e. The van der Waals surface area contributed by atoms with Gasteiger partial charge >= 0.3 is 0 Å². The quantitative estimate of drug-likeness (QED) is 0.279. The zero-order chi connectivity index (χ0) is 26.5. The summed E-state index contributed by atoms with van der Waals surface area (Å²) >= 11 is 0. The number of para-hydroxylation sites is 1. The molecule has 9 heteroatoms. The van der Waals surface area contributed by atoms with Crippen LogP contribution in [0.1, 0.15) is 36.3 Å². The highest BCUT2D eigenvalue weighted by Crippen LogP contribution is 2.26. The molecule has 2 atom stereocenters. The molecule has 2 aromatic heterocycles. The summed E-state index contributed by atoms with van der Waals surface area (Å²) in [5.74, 6) is -0.158. The molecule has 2 heterocycles. The molecule has 0 aliphatic heterocycles. The zero-order valence-electron chi connectivity index (χ0n) is 20.9. The lowest BCUT2D eigenvalue weighted by atomic mass is 10.00. The minimum atomic E-state index is -0.887. The van der Waals surface area contributed by atoms with Gasteiger partial charge in [0.25, 0.3) is 5.91 Å². The second kappa shape index (κ2) is 11.0. The van der Waals surface area contributed by atoms with Gasteiger partial charge in [0.05, 0.1) is 13.2 Å². The van der Waals surface area contributed by atoms with Crippen LogP contribution in [0.25, 0.3) is 21.8 Å². The monoisotopic (exact) mass is 499 g/mol. The lowest BCUT2D eigenvalue weighted by molar-refractivity contribution is -0.123. The van der Waals surface area contributed by atoms with E-state index in [1.807, 2.05) is 44.2 Å². The first-order valence-corrected chi connectivity index (χ1v) is 12.1. The molecule has 4 rings (SSSR count). The first-order chi connectivity index (χ1) is 17.8. The molecule has 0 saturated carbocycles. The van der Waals surface area contributed by atoms with Crippen LogP contribution in [0.2, 0.25) is 0 Å². The van der Waals surface area contributed by atoms with Gasteiger partial charge in [-0.1, -0.05) is 38.1 Å². The number of rotatable bonds is 9. The topological polar surface area (TPSA) is 140 Å². The van der Waals surface area contributed by atoms with Crippen LogP contribution < -0.4 is 20.9 Å². The molecule has 0 radical (unpaired) electrons. The van der Waals surface area contributed by atoms with E-state index in [0.717, 1.165) is 16.3 Å². The fraction of sp³-hybridized carbons (Fsp3) is 0.286. The van der Waals surface area contributed by atoms with E-state index in [1.54, 1.807) is 25.3 Å². The molecule has 0 spiro atoms. The van der Waals surface area contributed by atoms with Gasteiger partial charge in [-0.25, -0.2) is 0 Å². The number of hydrogen-bond acceptors (Lipinski definition) is 5. The van der Waals surface area contributed by atoms with Crippen LogP contribution in [-0.4, -0.2) is 41.0 Å². The number of nitrogens with one attached hydrogen (secondary N) is 4. The number of benzene rings is 2. The molecule has 2 amide bonds. The van der Waals surface area contributed by atoms with Crippen LogP contribution >= 0.6 is 0 Å². The van der Waals surface area contributed by atoms with E-state index >= 15 is 0 Å². The number of aromatic amines is 2. The number of amides is 2. The fourth-order valence-electron chi connectivity index (χ4n) is 4.43. The lowest BCUT2D eigenvalue weighted by Crippen LogP contribution is -2.50. The number of pyridine rings is 1. The van der Waals surface area contributed by atoms with Crippen molar-refractivity contribution >= 4 is 33.6 Å². The number of carbonyl (C=O) groups is 2. The highest BCUT2D eigenvalue weighted by Gasteiger charge is 2.26. The Morgan fingerprint density at radius 2 is 1.73 bits per heavy atom. The number of nitriles is 1. The first-order valence-electron chi connectivity index (χ1n) is 12.1. The van der Waals surface area contributed by atoms with Gasteiger partial charge in [0.15, 0.2) is 0 Å². The Kier molecular flexibility index (Phi) is 7.58. The second-order valence-corrected chi connectivity index (χ2v) is 9.36. The third-order valence-corrected chi connectivity index (χ3v) is 6.15. The van der Waals surface area contributed by atoms with Gasteiger partial charge in [0.1, 0.15) is 23.5 Å². The van der Waals surface area contributed by atoms with Crippen molar-refractivity contribution < 1.29 is 14.3 Å². The summed E-state index contributed by atoms with van der Waals surface area (Å²) in [5.41, 5.74) is 2.07. The third-order valence-electron chi connectivity index (χ3n) is 6.15. The number of hydrogen-bond donors (Lipinski definition) is 4. The fourth-order valence-corrected chi connectivity index (χ4v) is 4.43. The Labute approximate surface area is 213 Å². The van der Waals surface area contributed by atoms with E-state index < -0.39 is 23.9 Å². The van der Waals surface area contributed by atoms with Crippen molar-refractivity contribution in [1.29, 1.82) is 5.26 Å². The molecule has 4 aromatic rings. The van der Waals surface area contributed by atoms with E-state index in [0.29, 0.717) is 28.9 Å². The predicted octanol–water partition coefficient (Wildman–Crippen LogP) is 3.41. The molecule has 0 aliphatic rings. The van der Waals surface area contributed by atoms with Gasteiger partial charge in [0.2, 0.25) is 11.5 Å². The van der Waals surface area contributed by atoms with Crippen molar-refractivity contribution in [3.8, 4) is 11.8 Å². The number of H-pyrrole nitrogens is 2. The van der Waals surface area contributed by atoms with Crippen molar-refractivity contribution in [3.63, 3.8) is 0 Å². The van der Waals surface area contributed by atoms with Crippen molar-refractivity contribution in [3.05, 3.63) is 76.2 Å². The molecule has 37 heavy (non-hydrogen) atoms. The normalized spacial score (nSPS) is 12.7. The second-order valence-electron chi connectivity index (χ2n) is 9.36. The number of carbonyl (C=O) groups excluding carboxylic acids is 2. The van der Waals surface area contributed by atoms with Crippen LogP contribution in [0.3, 0.4) is 0 Å². The van der Waals surface area contributed by atoms with E-state index in [-0.39, 0.29) is 17.9 Å². The third kappa shape index (κ3) is 5.81. The van der Waals surface area contributed by atoms with Crippen LogP contribution in [0.4, 0.5) is 0 Å². The Bertz CT molecular complexity index is 1550. The standard InChI is InChI=1S/C28H29N5O4/c1-16(2)11-23(33-28(36)24-14-20-22(31-24)9-6-10-25(20)37-3)27(35)30-18(15-29)12-17-13-26(34)32-21-8-5-4-7-19(17)21/h4-10,13-14,16,18,23,31H,11-12H2,1-3H3,(H,30,35)(H,32,34)(H,33,36)/t18?,23-/m0/s1. The van der Waals surface area contributed by atoms with E-state index in [1.165, 1.54) is 6.07 Å². The Morgan fingerprint density at radius 1 is 1.00 bits per heavy atom. The maximum atomic E-state index is 13.2. The van der Waals surface area contributed by atoms with Crippen LogP contribution in [-0.2, 0) is 11.2 Å². The maximum Gasteiger partial charge on any atom is 0.268 e. The zero-order valence-corrected chi connectivity index (χ0v) is 20.9. The average Bonchev–Trinajstić information content (AvgIpc) is 3.32. The highest BCUT2D eigenvalue weighted by atomic mass is 16.5. The molecule has 4 N–H and O–H groups in total. The molecule has 2 aromatic carbocycles. The number of fused-ring (bicyclic) bond motifs is 2. The SMILES string of the molecule is COc1cccc2[nH]c(C(=O)N[C@@H](CC(C)C)C(=O)NC(C#N)Cc3cc(=O)[nH]c4ccccc34)cc12. The van der Waals surface area contributed by atoms with Crippen molar-refractivity contribution in [2.75, 3.05) is 7.11 Å². The molecule has 0 aliphatic carbocycles. The Morgan fingerprint density at radius 3 is 2.46 bits per heavy atom. The lowest BCUT2D eigenvalue weighted by Gasteiger charge is -2.22. The molecule has 9 nitrogen and oxygen atoms in total. The summed E-state index contributed by atoms with van der Waals surface area (Å²) in [6, 6.07) is 16.3. The first kappa shape index (κ1) is 25.5. The van der Waals surface area contributed by atoms with Crippen molar-refractivity contribution in [1.82, 2.24) is 20.6 Å². The smallest absolute Gasteiger partial charge is 0.268 e. The molecular weight excluding hydrogens is 470 g/mol. The number of methoxy groups -OCH3 is 1. The molecule has 190 valence electrons. The number of ether oxygens (including phenoxy) is 1. The summed E-state index contributed by atoms with van der Waals surface area (Å²) in [4.78, 5) is 44.2. The molecule has 0 fully saturated rings. The number of aromatic nitrogens is 2. The summed E-state index contributed by atoms with van der Waals surface area (Å²) in [6.07, 6.45) is 0.532. The Hall–Kier alpha value is -4.58. The van der Waals surface area contributed by atoms with E-state index in [9.17, 15) is 19.6 Å². The molecule has 0 saturated heterocycles. The van der Waals surface area contributed by atoms with E-state index in [4.69, 9.17) is 4.74 Å². The molecule has 1 unspecified atom stereocenters. The summed E-state index contributed by atoms with van der Waals surface area (Å²) in [5, 5.41) is 16.9. The Balaban J connectivity index is 1.52. The van der Waals surface area contributed by atoms with Gasteiger partial charge in [0, 0.05) is 34.3 Å². The summed E-state index contributed by atoms with van der Waals surface area (Å²) in [6.45, 7) is 3.90. The molecular formula is C28H29N5O4. The van der Waals surface area contributed by atoms with Crippen LogP contribution in [0, 0.1) is 17.2 Å². The van der Waals surface area contributed by atoms with E-state index in [2.05, 4.69) is 26.7 Å². The highest BCUT2D eigenvalue weighted by molar-refractivity contribution is 6.01. The van der Waals surface area contributed by atoms with Crippen LogP contribution in [0.5, 0.6) is 5.75 Å². The van der Waals surface area contributed by atoms with Crippen molar-refractivity contribution in [2.45, 2.75) is 38.8 Å². The maximum absolute atomic E-state index is 13.2. The van der Waals surface area contributed by atoms with Crippen molar-refractivity contribution in [2.24, 2.45) is 5.92 Å². The van der Waals surface area contributed by atoms with Gasteiger partial charge in [-0.2, -0.15) is 5.26 Å². The van der Waals surface area contributed by atoms with Crippen LogP contribution in [0.15, 0.2) is 59.4 Å². The summed E-state index contributed by atoms with van der Waals surface area (Å²) < 4.78 is 5.36. The van der Waals surface area contributed by atoms with Gasteiger partial charge < -0.3 is 25.3 Å². The minimum Gasteiger partial charge on any atom is -0.496 e. The van der Waals surface area contributed by atoms with Gasteiger partial charge in [-0.15, -0.1) is 0 Å². The molecule has 0 bridgehead atoms. The average molecular weight is 500 g/mol. The summed E-state index contributed by atoms with van der Waals surface area (Å²) in [7, 11) is 1.56. The number of nitrogens with zero attached hydrogens (tertiary/aromatic N) is 1. The predicted molar refractivity (Wildman–Crippen MR) is 141 cm³/mol. The van der Waals surface area contributed by atoms with Gasteiger partial charge in [-0.05, 0) is 42.2 Å². The van der Waals surface area contributed by atoms with Gasteiger partial charge in [-0.3, -0.25) is 14.4 Å². The minimum absolute atomic E-state index is 0.107.